The first-order valence-electron chi connectivity index (χ1n) is 5.53. The monoisotopic (exact) mass is 204 g/mol. The molecule has 0 N–H and O–H groups in total. The first kappa shape index (κ1) is 13.6. The highest BCUT2D eigenvalue weighted by Gasteiger charge is 1.87. The number of rotatable bonds is 0. The van der Waals surface area contributed by atoms with Gasteiger partial charge in [0.1, 0.15) is 6.33 Å². The summed E-state index contributed by atoms with van der Waals surface area (Å²) in [5.74, 6) is 0. The second-order valence-corrected chi connectivity index (χ2v) is 2.79. The molecule has 0 aliphatic rings. The minimum Gasteiger partial charge on any atom is -0.244 e. The number of hydrogen-bond acceptors (Lipinski definition) is 2. The van der Waals surface area contributed by atoms with Crippen LogP contribution in [0.1, 0.15) is 34.1 Å². The smallest absolute Gasteiger partial charge is 0.116 e. The van der Waals surface area contributed by atoms with Gasteiger partial charge < -0.3 is 0 Å². The number of hydrogen-bond donors (Lipinski definition) is 0. The molecule has 0 unspecified atom stereocenters. The maximum Gasteiger partial charge on any atom is 0.116 e. The summed E-state index contributed by atoms with van der Waals surface area (Å²) in [5.41, 5.74) is 0.998. The maximum absolute atomic E-state index is 4.07. The lowest BCUT2D eigenvalue weighted by atomic mass is 10.2. The molecule has 1 heterocycles. The van der Waals surface area contributed by atoms with Crippen LogP contribution in [0.2, 0.25) is 0 Å². The molecule has 2 nitrogen and oxygen atoms in total. The molecule has 0 amide bonds. The van der Waals surface area contributed by atoms with Gasteiger partial charge in [0, 0.05) is 11.6 Å². The van der Waals surface area contributed by atoms with Gasteiger partial charge in [-0.1, -0.05) is 52.3 Å². The predicted molar refractivity (Wildman–Crippen MR) is 66.9 cm³/mol. The van der Waals surface area contributed by atoms with E-state index < -0.39 is 0 Å². The van der Waals surface area contributed by atoms with Crippen LogP contribution in [0.4, 0.5) is 0 Å². The molecule has 0 aliphatic heterocycles. The van der Waals surface area contributed by atoms with Crippen molar-refractivity contribution in [1.82, 2.24) is 9.97 Å². The molecule has 0 spiro atoms. The van der Waals surface area contributed by atoms with E-state index in [9.17, 15) is 0 Å². The second-order valence-electron chi connectivity index (χ2n) is 2.79. The SMILES string of the molecule is CC.CCC.c1ccc2ncncc2c1. The van der Waals surface area contributed by atoms with Crippen molar-refractivity contribution in [2.45, 2.75) is 34.1 Å². The normalized spacial score (nSPS) is 8.27. The fourth-order valence-corrected chi connectivity index (χ4v) is 0.923. The van der Waals surface area contributed by atoms with Crippen LogP contribution >= 0.6 is 0 Å². The fraction of sp³-hybridized carbons (Fsp3) is 0.385. The van der Waals surface area contributed by atoms with Gasteiger partial charge in [0.25, 0.3) is 0 Å². The Balaban J connectivity index is 0.000000342. The Labute approximate surface area is 92.4 Å². The molecule has 1 aromatic carbocycles. The van der Waals surface area contributed by atoms with Crippen LogP contribution in [0.3, 0.4) is 0 Å². The van der Waals surface area contributed by atoms with Crippen molar-refractivity contribution in [2.75, 3.05) is 0 Å². The van der Waals surface area contributed by atoms with Crippen LogP contribution < -0.4 is 0 Å². The van der Waals surface area contributed by atoms with Crippen molar-refractivity contribution in [3.63, 3.8) is 0 Å². The van der Waals surface area contributed by atoms with Crippen molar-refractivity contribution in [2.24, 2.45) is 0 Å². The Morgan fingerprint density at radius 2 is 1.67 bits per heavy atom. The van der Waals surface area contributed by atoms with Gasteiger partial charge in [-0.2, -0.15) is 0 Å². The van der Waals surface area contributed by atoms with E-state index in [4.69, 9.17) is 0 Å². The van der Waals surface area contributed by atoms with E-state index in [0.717, 1.165) is 10.9 Å². The number of aromatic nitrogens is 2. The van der Waals surface area contributed by atoms with Gasteiger partial charge in [0.15, 0.2) is 0 Å². The Hall–Kier alpha value is -1.44. The number of nitrogens with zero attached hydrogens (tertiary/aromatic N) is 2. The minimum atomic E-state index is 0.998. The van der Waals surface area contributed by atoms with E-state index in [-0.39, 0.29) is 0 Å². The first-order chi connectivity index (χ1) is 7.38. The Kier molecular flexibility index (Phi) is 8.25. The van der Waals surface area contributed by atoms with Crippen LogP contribution in [0, 0.1) is 0 Å². The van der Waals surface area contributed by atoms with E-state index in [2.05, 4.69) is 23.8 Å². The lowest BCUT2D eigenvalue weighted by molar-refractivity contribution is 1.09. The molecule has 0 bridgehead atoms. The molecule has 0 saturated heterocycles. The largest absolute Gasteiger partial charge is 0.244 e. The van der Waals surface area contributed by atoms with Gasteiger partial charge in [-0.15, -0.1) is 0 Å². The van der Waals surface area contributed by atoms with Crippen LogP contribution in [-0.4, -0.2) is 9.97 Å². The molecule has 0 fully saturated rings. The highest BCUT2D eigenvalue weighted by Crippen LogP contribution is 2.06. The standard InChI is InChI=1S/C8H6N2.C3H8.C2H6/c1-2-4-8-7(3-1)5-9-6-10-8;1-3-2;1-2/h1-6H;3H2,1-2H3;1-2H3. The zero-order valence-corrected chi connectivity index (χ0v) is 10.1. The summed E-state index contributed by atoms with van der Waals surface area (Å²) in [6.07, 6.45) is 4.62. The summed E-state index contributed by atoms with van der Waals surface area (Å²) in [7, 11) is 0. The molecular formula is C13H20N2. The molecular weight excluding hydrogens is 184 g/mol. The predicted octanol–water partition coefficient (Wildman–Crippen LogP) is 4.07. The van der Waals surface area contributed by atoms with E-state index in [1.165, 1.54) is 6.42 Å². The third-order valence-electron chi connectivity index (χ3n) is 1.41. The molecule has 0 atom stereocenters. The molecule has 2 aromatic rings. The highest BCUT2D eigenvalue weighted by molar-refractivity contribution is 5.76. The molecule has 82 valence electrons. The van der Waals surface area contributed by atoms with Gasteiger partial charge in [-0.25, -0.2) is 9.97 Å². The van der Waals surface area contributed by atoms with Gasteiger partial charge in [0.2, 0.25) is 0 Å². The second kappa shape index (κ2) is 9.13. The maximum atomic E-state index is 4.07. The molecule has 15 heavy (non-hydrogen) atoms. The molecule has 0 saturated carbocycles. The van der Waals surface area contributed by atoms with E-state index in [1.54, 1.807) is 6.33 Å². The third-order valence-corrected chi connectivity index (χ3v) is 1.41. The lowest BCUT2D eigenvalue weighted by Gasteiger charge is -1.90. The van der Waals surface area contributed by atoms with Gasteiger partial charge in [-0.3, -0.25) is 0 Å². The number of para-hydroxylation sites is 1. The number of benzene rings is 1. The Morgan fingerprint density at radius 3 is 2.27 bits per heavy atom. The van der Waals surface area contributed by atoms with E-state index in [0.29, 0.717) is 0 Å². The quantitative estimate of drug-likeness (QED) is 0.646. The Morgan fingerprint density at radius 1 is 1.07 bits per heavy atom. The van der Waals surface area contributed by atoms with Crippen LogP contribution in [0.5, 0.6) is 0 Å². The van der Waals surface area contributed by atoms with Gasteiger partial charge in [0.05, 0.1) is 5.52 Å². The molecule has 0 aliphatic carbocycles. The zero-order valence-electron chi connectivity index (χ0n) is 10.1. The van der Waals surface area contributed by atoms with Crippen molar-refractivity contribution < 1.29 is 0 Å². The van der Waals surface area contributed by atoms with E-state index in [1.807, 2.05) is 44.3 Å². The van der Waals surface area contributed by atoms with Crippen molar-refractivity contribution >= 4 is 10.9 Å². The van der Waals surface area contributed by atoms with Gasteiger partial charge >= 0.3 is 0 Å². The minimum absolute atomic E-state index is 0.998. The average molecular weight is 204 g/mol. The topological polar surface area (TPSA) is 25.8 Å². The summed E-state index contributed by atoms with van der Waals surface area (Å²) < 4.78 is 0. The molecule has 2 heteroatoms. The summed E-state index contributed by atoms with van der Waals surface area (Å²) in [5, 5.41) is 1.09. The van der Waals surface area contributed by atoms with Crippen LogP contribution in [-0.2, 0) is 0 Å². The third kappa shape index (κ3) is 5.11. The Bertz CT molecular complexity index is 293. The summed E-state index contributed by atoms with van der Waals surface area (Å²) in [6, 6.07) is 7.91. The summed E-state index contributed by atoms with van der Waals surface area (Å²) in [4.78, 5) is 7.97. The van der Waals surface area contributed by atoms with Crippen molar-refractivity contribution in [3.05, 3.63) is 36.8 Å². The zero-order chi connectivity index (χ0) is 11.5. The van der Waals surface area contributed by atoms with Gasteiger partial charge in [-0.05, 0) is 6.07 Å². The summed E-state index contributed by atoms with van der Waals surface area (Å²) >= 11 is 0. The molecule has 1 aromatic heterocycles. The summed E-state index contributed by atoms with van der Waals surface area (Å²) in [6.45, 7) is 8.25. The first-order valence-corrected chi connectivity index (χ1v) is 5.53. The van der Waals surface area contributed by atoms with Crippen LogP contribution in [0.25, 0.3) is 10.9 Å². The molecule has 2 rings (SSSR count). The van der Waals surface area contributed by atoms with Crippen molar-refractivity contribution in [3.8, 4) is 0 Å². The molecule has 0 radical (unpaired) electrons. The van der Waals surface area contributed by atoms with Crippen LogP contribution in [0.15, 0.2) is 36.8 Å². The van der Waals surface area contributed by atoms with E-state index >= 15 is 0 Å². The number of fused-ring (bicyclic) bond motifs is 1. The average Bonchev–Trinajstić information content (AvgIpc) is 2.33. The fourth-order valence-electron chi connectivity index (χ4n) is 0.923. The lowest BCUT2D eigenvalue weighted by Crippen LogP contribution is -1.77. The highest BCUT2D eigenvalue weighted by atomic mass is 14.8. The van der Waals surface area contributed by atoms with Crippen molar-refractivity contribution in [1.29, 1.82) is 0 Å².